The van der Waals surface area contributed by atoms with Crippen molar-refractivity contribution in [3.8, 4) is 6.19 Å². The fourth-order valence-corrected chi connectivity index (χ4v) is 5.40. The molecule has 2 atom stereocenters. The highest BCUT2D eigenvalue weighted by molar-refractivity contribution is 7.92. The second-order valence-electron chi connectivity index (χ2n) is 8.65. The molecule has 4 rings (SSSR count). The van der Waals surface area contributed by atoms with Gasteiger partial charge in [0.2, 0.25) is 6.19 Å². The smallest absolute Gasteiger partial charge is 0.341 e. The van der Waals surface area contributed by atoms with Crippen molar-refractivity contribution in [1.82, 2.24) is 5.32 Å². The largest absolute Gasteiger partial charge is 0.416 e. The maximum absolute atomic E-state index is 14.1. The second-order valence-corrected chi connectivity index (χ2v) is 11.4. The highest BCUT2D eigenvalue weighted by Crippen LogP contribution is 2.40. The summed E-state index contributed by atoms with van der Waals surface area (Å²) < 4.78 is 83.6. The summed E-state index contributed by atoms with van der Waals surface area (Å²) in [6, 6.07) is 6.24. The first kappa shape index (κ1) is 28.0. The summed E-state index contributed by atoms with van der Waals surface area (Å²) in [7, 11) is -3.10. The van der Waals surface area contributed by atoms with E-state index in [2.05, 4.69) is 15.0 Å². The topological polar surface area (TPSA) is 111 Å². The Hall–Kier alpha value is -4.02. The number of fused-ring (bicyclic) bond motifs is 1. The monoisotopic (exact) mass is 582 g/mol. The van der Waals surface area contributed by atoms with E-state index < -0.39 is 56.5 Å². The van der Waals surface area contributed by atoms with Gasteiger partial charge in [-0.2, -0.15) is 18.4 Å². The summed E-state index contributed by atoms with van der Waals surface area (Å²) in [6.45, 7) is 0. The Labute approximate surface area is 223 Å². The number of halogens is 6. The Kier molecular flexibility index (Phi) is 7.38. The van der Waals surface area contributed by atoms with Gasteiger partial charge in [0, 0.05) is 39.2 Å². The number of carbonyl (C=O) groups excluding carboxylic acids is 2. The zero-order chi connectivity index (χ0) is 28.7. The Morgan fingerprint density at radius 2 is 1.87 bits per heavy atom. The number of hydrogen-bond donors (Lipinski definition) is 2. The summed E-state index contributed by atoms with van der Waals surface area (Å²) in [4.78, 5) is 25.9. The van der Waals surface area contributed by atoms with E-state index in [9.17, 15) is 35.8 Å². The van der Waals surface area contributed by atoms with Crippen LogP contribution in [0.3, 0.4) is 0 Å². The van der Waals surface area contributed by atoms with Crippen molar-refractivity contribution in [3.63, 3.8) is 0 Å². The molecule has 3 aromatic rings. The summed E-state index contributed by atoms with van der Waals surface area (Å²) >= 11 is 6.24. The van der Waals surface area contributed by atoms with Crippen molar-refractivity contribution in [2.75, 3.05) is 11.6 Å². The number of rotatable bonds is 5. The standard InChI is InChI=1S/C25H16ClF5N4O3S/c1-39(38,33-11-32)10-12-4-18-21(22(35-24(18)37)17-9-15(27)2-3-19(17)26)20(5-12)34-23(36)13-6-14(25(29,30)31)8-16(28)7-13/h2-9,22H,10H2,1H3,(H,34,36)(H,35,37)/t22-,39-/m1/s1. The number of amides is 2. The average molecular weight is 583 g/mol. The predicted octanol–water partition coefficient (Wildman–Crippen LogP) is 5.80. The number of benzene rings is 3. The summed E-state index contributed by atoms with van der Waals surface area (Å²) in [5.74, 6) is -4.13. The number of hydrogen-bond acceptors (Lipinski definition) is 5. The number of nitriles is 1. The van der Waals surface area contributed by atoms with E-state index in [-0.39, 0.29) is 44.8 Å². The molecule has 0 saturated heterocycles. The number of nitrogens with zero attached hydrogens (tertiary/aromatic N) is 2. The molecule has 0 unspecified atom stereocenters. The van der Waals surface area contributed by atoms with Crippen molar-refractivity contribution in [2.24, 2.45) is 4.36 Å². The first-order valence-electron chi connectivity index (χ1n) is 10.9. The molecular weight excluding hydrogens is 567 g/mol. The minimum Gasteiger partial charge on any atom is -0.341 e. The molecule has 0 spiro atoms. The van der Waals surface area contributed by atoms with Crippen LogP contribution < -0.4 is 10.6 Å². The van der Waals surface area contributed by atoms with E-state index >= 15 is 0 Å². The van der Waals surface area contributed by atoms with E-state index in [1.165, 1.54) is 30.6 Å². The third-order valence-electron chi connectivity index (χ3n) is 5.72. The third-order valence-corrected chi connectivity index (χ3v) is 7.40. The zero-order valence-electron chi connectivity index (χ0n) is 19.7. The second kappa shape index (κ2) is 10.3. The van der Waals surface area contributed by atoms with E-state index in [1.54, 1.807) is 0 Å². The number of anilines is 1. The SMILES string of the molecule is C[S@@](=O)(Cc1cc(NC(=O)c2cc(F)cc(C(F)(F)F)c2)c2c(c1)C(=O)N[C@@H]2c1cc(F)ccc1Cl)=NC#N. The van der Waals surface area contributed by atoms with Gasteiger partial charge in [0.1, 0.15) is 11.6 Å². The van der Waals surface area contributed by atoms with E-state index in [0.29, 0.717) is 12.1 Å². The lowest BCUT2D eigenvalue weighted by atomic mass is 9.94. The first-order chi connectivity index (χ1) is 18.2. The first-order valence-corrected chi connectivity index (χ1v) is 13.4. The number of carbonyl (C=O) groups is 2. The van der Waals surface area contributed by atoms with Crippen LogP contribution in [0.15, 0.2) is 52.9 Å². The lowest BCUT2D eigenvalue weighted by Gasteiger charge is -2.19. The van der Waals surface area contributed by atoms with Gasteiger partial charge in [0.05, 0.1) is 27.1 Å². The molecule has 0 aliphatic carbocycles. The van der Waals surface area contributed by atoms with Gasteiger partial charge in [0.15, 0.2) is 0 Å². The van der Waals surface area contributed by atoms with Crippen molar-refractivity contribution < 1.29 is 35.8 Å². The fourth-order valence-electron chi connectivity index (χ4n) is 4.16. The van der Waals surface area contributed by atoms with Gasteiger partial charge < -0.3 is 10.6 Å². The van der Waals surface area contributed by atoms with Gasteiger partial charge in [-0.3, -0.25) is 9.59 Å². The van der Waals surface area contributed by atoms with Crippen LogP contribution in [-0.2, 0) is 21.7 Å². The fraction of sp³-hybridized carbons (Fsp3) is 0.160. The molecular formula is C25H16ClF5N4O3S. The van der Waals surface area contributed by atoms with Gasteiger partial charge in [0.25, 0.3) is 11.8 Å². The molecule has 0 saturated carbocycles. The molecule has 0 radical (unpaired) electrons. The third kappa shape index (κ3) is 6.02. The molecule has 3 aromatic carbocycles. The zero-order valence-corrected chi connectivity index (χ0v) is 21.3. The molecule has 1 aliphatic rings. The van der Waals surface area contributed by atoms with Gasteiger partial charge in [-0.15, -0.1) is 4.36 Å². The Balaban J connectivity index is 1.87. The Morgan fingerprint density at radius 1 is 1.15 bits per heavy atom. The van der Waals surface area contributed by atoms with Crippen LogP contribution >= 0.6 is 11.6 Å². The van der Waals surface area contributed by atoms with Gasteiger partial charge in [-0.05, 0) is 54.1 Å². The average Bonchev–Trinajstić information content (AvgIpc) is 3.15. The minimum atomic E-state index is -4.93. The van der Waals surface area contributed by atoms with Gasteiger partial charge in [-0.25, -0.2) is 13.0 Å². The number of alkyl halides is 3. The van der Waals surface area contributed by atoms with Crippen LogP contribution in [0.1, 0.15) is 49.0 Å². The highest BCUT2D eigenvalue weighted by Gasteiger charge is 2.36. The molecule has 1 heterocycles. The summed E-state index contributed by atoms with van der Waals surface area (Å²) in [5, 5.41) is 13.9. The Morgan fingerprint density at radius 3 is 2.54 bits per heavy atom. The van der Waals surface area contributed by atoms with Crippen LogP contribution in [0.2, 0.25) is 5.02 Å². The lowest BCUT2D eigenvalue weighted by Crippen LogP contribution is -2.21. The van der Waals surface area contributed by atoms with Gasteiger partial charge in [-0.1, -0.05) is 11.6 Å². The summed E-state index contributed by atoms with van der Waals surface area (Å²) in [5.41, 5.74) is -1.81. The normalized spacial score (nSPS) is 16.1. The molecule has 14 heteroatoms. The molecule has 7 nitrogen and oxygen atoms in total. The van der Waals surface area contributed by atoms with E-state index in [4.69, 9.17) is 16.9 Å². The van der Waals surface area contributed by atoms with Crippen LogP contribution in [0.25, 0.3) is 0 Å². The summed E-state index contributed by atoms with van der Waals surface area (Å²) in [6.07, 6.45) is -2.29. The van der Waals surface area contributed by atoms with Crippen LogP contribution in [0.4, 0.5) is 27.6 Å². The predicted molar refractivity (Wildman–Crippen MR) is 132 cm³/mol. The van der Waals surface area contributed by atoms with Crippen LogP contribution in [0.5, 0.6) is 0 Å². The molecule has 0 fully saturated rings. The molecule has 202 valence electrons. The van der Waals surface area contributed by atoms with E-state index in [1.807, 2.05) is 0 Å². The maximum atomic E-state index is 14.1. The number of nitrogens with one attached hydrogen (secondary N) is 2. The molecule has 2 N–H and O–H groups in total. The molecule has 2 amide bonds. The van der Waals surface area contributed by atoms with Crippen molar-refractivity contribution in [2.45, 2.75) is 18.0 Å². The molecule has 0 aromatic heterocycles. The van der Waals surface area contributed by atoms with E-state index in [0.717, 1.165) is 12.1 Å². The van der Waals surface area contributed by atoms with Crippen LogP contribution in [-0.4, -0.2) is 22.3 Å². The lowest BCUT2D eigenvalue weighted by molar-refractivity contribution is -0.137. The highest BCUT2D eigenvalue weighted by atomic mass is 35.5. The molecule has 0 bridgehead atoms. The van der Waals surface area contributed by atoms with Crippen molar-refractivity contribution in [3.05, 3.63) is 98.6 Å². The van der Waals surface area contributed by atoms with Crippen molar-refractivity contribution in [1.29, 1.82) is 5.26 Å². The van der Waals surface area contributed by atoms with Crippen LogP contribution in [0, 0.1) is 23.1 Å². The maximum Gasteiger partial charge on any atom is 0.416 e. The molecule has 1 aliphatic heterocycles. The quantitative estimate of drug-likeness (QED) is 0.292. The minimum absolute atomic E-state index is 0.0319. The molecule has 39 heavy (non-hydrogen) atoms. The Bertz CT molecular complexity index is 1690. The van der Waals surface area contributed by atoms with Crippen molar-refractivity contribution >= 4 is 38.8 Å². The van der Waals surface area contributed by atoms with Gasteiger partial charge >= 0.3 is 6.18 Å².